The van der Waals surface area contributed by atoms with E-state index in [9.17, 15) is 9.59 Å². The molecule has 6 heteroatoms. The number of carbonyl (C=O) groups excluding carboxylic acids is 2. The Morgan fingerprint density at radius 3 is 2.69 bits per heavy atom. The Morgan fingerprint density at radius 1 is 1.19 bits per heavy atom. The van der Waals surface area contributed by atoms with Gasteiger partial charge in [-0.15, -0.1) is 11.3 Å². The van der Waals surface area contributed by atoms with Crippen molar-refractivity contribution < 1.29 is 9.59 Å². The van der Waals surface area contributed by atoms with E-state index < -0.39 is 0 Å². The molecule has 3 rings (SSSR count). The second-order valence-corrected chi connectivity index (χ2v) is 7.41. The van der Waals surface area contributed by atoms with Crippen LogP contribution in [0.5, 0.6) is 0 Å². The Balaban J connectivity index is 1.65. The largest absolute Gasteiger partial charge is 0.325 e. The van der Waals surface area contributed by atoms with Crippen LogP contribution >= 0.6 is 11.3 Å². The number of hydrogen-bond acceptors (Lipinski definition) is 5. The number of fused-ring (bicyclic) bond motifs is 1. The SMILES string of the molecule is CC(=O)c1cccc(NC(=O)[C@H](C)N(C)Cc2nc3ccccc3s2)c1. The molecule has 1 aromatic heterocycles. The molecule has 3 aromatic rings. The first kappa shape index (κ1) is 18.2. The van der Waals surface area contributed by atoms with E-state index >= 15 is 0 Å². The molecule has 0 aliphatic carbocycles. The van der Waals surface area contributed by atoms with Crippen molar-refractivity contribution in [1.82, 2.24) is 9.88 Å². The summed E-state index contributed by atoms with van der Waals surface area (Å²) in [6.45, 7) is 3.97. The standard InChI is InChI=1S/C20H21N3O2S/c1-13(20(25)21-16-8-6-7-15(11-16)14(2)24)23(3)12-19-22-17-9-4-5-10-18(17)26-19/h4-11,13H,12H2,1-3H3,(H,21,25)/t13-/m0/s1. The summed E-state index contributed by atoms with van der Waals surface area (Å²) >= 11 is 1.64. The predicted octanol–water partition coefficient (Wildman–Crippen LogP) is 3.96. The summed E-state index contributed by atoms with van der Waals surface area (Å²) in [5.41, 5.74) is 2.19. The molecule has 0 bridgehead atoms. The lowest BCUT2D eigenvalue weighted by Gasteiger charge is -2.22. The van der Waals surface area contributed by atoms with E-state index in [2.05, 4.69) is 16.4 Å². The van der Waals surface area contributed by atoms with Crippen molar-refractivity contribution in [3.63, 3.8) is 0 Å². The average Bonchev–Trinajstić information content (AvgIpc) is 3.03. The lowest BCUT2D eigenvalue weighted by molar-refractivity contribution is -0.120. The third kappa shape index (κ3) is 4.15. The average molecular weight is 367 g/mol. The number of aromatic nitrogens is 1. The van der Waals surface area contributed by atoms with Crippen molar-refractivity contribution >= 4 is 38.9 Å². The van der Waals surface area contributed by atoms with Crippen LogP contribution in [0.15, 0.2) is 48.5 Å². The van der Waals surface area contributed by atoms with Crippen molar-refractivity contribution in [2.75, 3.05) is 12.4 Å². The highest BCUT2D eigenvalue weighted by Gasteiger charge is 2.19. The molecule has 0 unspecified atom stereocenters. The van der Waals surface area contributed by atoms with Crippen molar-refractivity contribution in [3.05, 3.63) is 59.1 Å². The normalized spacial score (nSPS) is 12.3. The van der Waals surface area contributed by atoms with Crippen LogP contribution < -0.4 is 5.32 Å². The number of Topliss-reactive ketones (excluding diaryl/α,β-unsaturated/α-hetero) is 1. The molecule has 0 saturated carbocycles. The van der Waals surface area contributed by atoms with Gasteiger partial charge in [0.05, 0.1) is 22.8 Å². The highest BCUT2D eigenvalue weighted by Crippen LogP contribution is 2.23. The first-order valence-electron chi connectivity index (χ1n) is 8.40. The Bertz CT molecular complexity index is 918. The quantitative estimate of drug-likeness (QED) is 0.670. The van der Waals surface area contributed by atoms with Gasteiger partial charge in [-0.05, 0) is 45.2 Å². The number of benzene rings is 2. The number of ketones is 1. The molecular weight excluding hydrogens is 346 g/mol. The van der Waals surface area contributed by atoms with Gasteiger partial charge >= 0.3 is 0 Å². The van der Waals surface area contributed by atoms with Crippen LogP contribution in [0.1, 0.15) is 29.2 Å². The van der Waals surface area contributed by atoms with Crippen LogP contribution in [-0.4, -0.2) is 34.7 Å². The molecule has 134 valence electrons. The molecule has 0 aliphatic rings. The molecule has 26 heavy (non-hydrogen) atoms. The number of likely N-dealkylation sites (N-methyl/N-ethyl adjacent to an activating group) is 1. The van der Waals surface area contributed by atoms with Gasteiger partial charge in [-0.3, -0.25) is 14.5 Å². The van der Waals surface area contributed by atoms with Gasteiger partial charge in [0.25, 0.3) is 0 Å². The summed E-state index contributed by atoms with van der Waals surface area (Å²) in [4.78, 5) is 30.6. The number of amides is 1. The number of para-hydroxylation sites is 1. The number of rotatable bonds is 6. The third-order valence-electron chi connectivity index (χ3n) is 4.30. The van der Waals surface area contributed by atoms with E-state index in [0.29, 0.717) is 17.8 Å². The van der Waals surface area contributed by atoms with Gasteiger partial charge in [0, 0.05) is 11.3 Å². The molecule has 1 heterocycles. The number of nitrogens with one attached hydrogen (secondary N) is 1. The maximum absolute atomic E-state index is 12.5. The third-order valence-corrected chi connectivity index (χ3v) is 5.32. The molecule has 0 fully saturated rings. The van der Waals surface area contributed by atoms with Crippen LogP contribution in [0.2, 0.25) is 0 Å². The van der Waals surface area contributed by atoms with Crippen LogP contribution in [0.4, 0.5) is 5.69 Å². The van der Waals surface area contributed by atoms with Gasteiger partial charge in [-0.2, -0.15) is 0 Å². The fourth-order valence-electron chi connectivity index (χ4n) is 2.60. The molecule has 0 aliphatic heterocycles. The van der Waals surface area contributed by atoms with Crippen LogP contribution in [-0.2, 0) is 11.3 Å². The number of carbonyl (C=O) groups is 2. The minimum atomic E-state index is -0.331. The second kappa shape index (κ2) is 7.76. The van der Waals surface area contributed by atoms with E-state index in [1.165, 1.54) is 6.92 Å². The molecule has 2 aromatic carbocycles. The van der Waals surface area contributed by atoms with Gasteiger partial charge in [0.15, 0.2) is 5.78 Å². The fraction of sp³-hybridized carbons (Fsp3) is 0.250. The van der Waals surface area contributed by atoms with Crippen molar-refractivity contribution in [1.29, 1.82) is 0 Å². The molecule has 5 nitrogen and oxygen atoms in total. The fourth-order valence-corrected chi connectivity index (χ4v) is 3.63. The van der Waals surface area contributed by atoms with Crippen LogP contribution in [0, 0.1) is 0 Å². The molecule has 1 N–H and O–H groups in total. The molecule has 0 radical (unpaired) electrons. The zero-order valence-corrected chi connectivity index (χ0v) is 15.8. The number of thiazole rings is 1. The van der Waals surface area contributed by atoms with Crippen molar-refractivity contribution in [3.8, 4) is 0 Å². The van der Waals surface area contributed by atoms with Crippen molar-refractivity contribution in [2.45, 2.75) is 26.4 Å². The van der Waals surface area contributed by atoms with E-state index in [1.54, 1.807) is 35.6 Å². The summed E-state index contributed by atoms with van der Waals surface area (Å²) in [7, 11) is 1.91. The zero-order chi connectivity index (χ0) is 18.7. The van der Waals surface area contributed by atoms with Gasteiger partial charge < -0.3 is 5.32 Å². The summed E-state index contributed by atoms with van der Waals surface area (Å²) in [6.07, 6.45) is 0. The first-order valence-corrected chi connectivity index (χ1v) is 9.22. The zero-order valence-electron chi connectivity index (χ0n) is 15.0. The Morgan fingerprint density at radius 2 is 1.96 bits per heavy atom. The highest BCUT2D eigenvalue weighted by atomic mass is 32.1. The number of anilines is 1. The molecule has 0 saturated heterocycles. The van der Waals surface area contributed by atoms with E-state index in [1.807, 2.05) is 37.1 Å². The predicted molar refractivity (Wildman–Crippen MR) is 106 cm³/mol. The van der Waals surface area contributed by atoms with E-state index in [0.717, 1.165) is 15.2 Å². The molecule has 0 spiro atoms. The second-order valence-electron chi connectivity index (χ2n) is 6.29. The Hall–Kier alpha value is -2.57. The molecule has 1 amide bonds. The van der Waals surface area contributed by atoms with Crippen molar-refractivity contribution in [2.24, 2.45) is 0 Å². The van der Waals surface area contributed by atoms with Crippen LogP contribution in [0.25, 0.3) is 10.2 Å². The number of hydrogen-bond donors (Lipinski definition) is 1. The summed E-state index contributed by atoms with van der Waals surface area (Å²) < 4.78 is 1.15. The van der Waals surface area contributed by atoms with Gasteiger partial charge in [-0.1, -0.05) is 24.3 Å². The van der Waals surface area contributed by atoms with E-state index in [-0.39, 0.29) is 17.7 Å². The van der Waals surface area contributed by atoms with Gasteiger partial charge in [0.1, 0.15) is 5.01 Å². The first-order chi connectivity index (χ1) is 12.4. The van der Waals surface area contributed by atoms with Gasteiger partial charge in [-0.25, -0.2) is 4.98 Å². The summed E-state index contributed by atoms with van der Waals surface area (Å²) in [5, 5.41) is 3.86. The maximum Gasteiger partial charge on any atom is 0.241 e. The summed E-state index contributed by atoms with van der Waals surface area (Å²) in [6, 6.07) is 14.7. The number of nitrogens with zero attached hydrogens (tertiary/aromatic N) is 2. The maximum atomic E-state index is 12.5. The molecule has 1 atom stereocenters. The van der Waals surface area contributed by atoms with Crippen LogP contribution in [0.3, 0.4) is 0 Å². The molecular formula is C20H21N3O2S. The van der Waals surface area contributed by atoms with E-state index in [4.69, 9.17) is 0 Å². The van der Waals surface area contributed by atoms with Gasteiger partial charge in [0.2, 0.25) is 5.91 Å². The Kier molecular flexibility index (Phi) is 5.44. The minimum Gasteiger partial charge on any atom is -0.325 e. The smallest absolute Gasteiger partial charge is 0.241 e. The lowest BCUT2D eigenvalue weighted by Crippen LogP contribution is -2.39. The minimum absolute atomic E-state index is 0.0258. The topological polar surface area (TPSA) is 62.3 Å². The monoisotopic (exact) mass is 367 g/mol. The highest BCUT2D eigenvalue weighted by molar-refractivity contribution is 7.18. The lowest BCUT2D eigenvalue weighted by atomic mass is 10.1. The summed E-state index contributed by atoms with van der Waals surface area (Å²) in [5.74, 6) is -0.142. The Labute approximate surface area is 156 Å².